The minimum Gasteiger partial charge on any atom is -0.453 e. The molecule has 0 spiro atoms. The van der Waals surface area contributed by atoms with Gasteiger partial charge >= 0.3 is 0 Å². The summed E-state index contributed by atoms with van der Waals surface area (Å²) >= 11 is 0. The Bertz CT molecular complexity index is 1240. The quantitative estimate of drug-likeness (QED) is 0.411. The van der Waals surface area contributed by atoms with Gasteiger partial charge in [-0.25, -0.2) is 4.98 Å². The molecule has 2 amide bonds. The first-order chi connectivity index (χ1) is 16.0. The second-order valence-corrected chi connectivity index (χ2v) is 7.30. The summed E-state index contributed by atoms with van der Waals surface area (Å²) in [6.45, 7) is 2.36. The summed E-state index contributed by atoms with van der Waals surface area (Å²) in [7, 11) is 1.56. The topological polar surface area (TPSA) is 107 Å². The van der Waals surface area contributed by atoms with Gasteiger partial charge in [0.25, 0.3) is 11.8 Å². The van der Waals surface area contributed by atoms with Gasteiger partial charge in [0.2, 0.25) is 5.89 Å². The Hall–Kier alpha value is -4.17. The van der Waals surface area contributed by atoms with E-state index in [-0.39, 0.29) is 24.1 Å². The number of hydrogen-bond acceptors (Lipinski definition) is 6. The first-order valence-electron chi connectivity index (χ1n) is 10.3. The summed E-state index contributed by atoms with van der Waals surface area (Å²) in [4.78, 5) is 29.1. The molecule has 0 radical (unpaired) electrons. The lowest BCUT2D eigenvalue weighted by Crippen LogP contribution is -2.23. The van der Waals surface area contributed by atoms with Crippen LogP contribution in [0.5, 0.6) is 0 Å². The number of oxazole rings is 1. The highest BCUT2D eigenvalue weighted by molar-refractivity contribution is 6.02. The fourth-order valence-electron chi connectivity index (χ4n) is 3.18. The van der Waals surface area contributed by atoms with Gasteiger partial charge in [0.1, 0.15) is 23.8 Å². The van der Waals surface area contributed by atoms with E-state index in [4.69, 9.17) is 13.6 Å². The number of aromatic nitrogens is 1. The molecule has 2 N–H and O–H groups in total. The summed E-state index contributed by atoms with van der Waals surface area (Å²) < 4.78 is 16.2. The van der Waals surface area contributed by atoms with E-state index in [0.717, 1.165) is 5.56 Å². The number of rotatable bonds is 8. The SMILES string of the molecule is COCc1ccc(C(=O)Nc2ccc(-c3nc(CNC(=O)c4ccccc4)c(C)o3)cc2)o1. The molecule has 0 aliphatic carbocycles. The first kappa shape index (κ1) is 22.0. The molecule has 4 aromatic rings. The largest absolute Gasteiger partial charge is 0.453 e. The van der Waals surface area contributed by atoms with Crippen LogP contribution >= 0.6 is 0 Å². The minimum absolute atomic E-state index is 0.175. The number of anilines is 1. The monoisotopic (exact) mass is 445 g/mol. The summed E-state index contributed by atoms with van der Waals surface area (Å²) in [5.41, 5.74) is 2.58. The van der Waals surface area contributed by atoms with Crippen molar-refractivity contribution in [2.75, 3.05) is 12.4 Å². The number of carbonyl (C=O) groups is 2. The fraction of sp³-hybridized carbons (Fsp3) is 0.160. The predicted molar refractivity (Wildman–Crippen MR) is 122 cm³/mol. The molecule has 0 aliphatic rings. The Morgan fingerprint density at radius 3 is 2.42 bits per heavy atom. The average Bonchev–Trinajstić information content (AvgIpc) is 3.45. The summed E-state index contributed by atoms with van der Waals surface area (Å²) in [5, 5.41) is 5.64. The molecule has 0 aliphatic heterocycles. The number of amides is 2. The van der Waals surface area contributed by atoms with Gasteiger partial charge in [0.05, 0.1) is 6.54 Å². The van der Waals surface area contributed by atoms with Crippen LogP contribution in [0.15, 0.2) is 75.6 Å². The Labute approximate surface area is 190 Å². The molecule has 2 aromatic heterocycles. The Kier molecular flexibility index (Phi) is 6.66. The fourth-order valence-corrected chi connectivity index (χ4v) is 3.18. The van der Waals surface area contributed by atoms with Crippen LogP contribution in [-0.2, 0) is 17.9 Å². The molecule has 168 valence electrons. The van der Waals surface area contributed by atoms with E-state index >= 15 is 0 Å². The van der Waals surface area contributed by atoms with Crippen LogP contribution in [0.3, 0.4) is 0 Å². The van der Waals surface area contributed by atoms with Gasteiger partial charge in [0.15, 0.2) is 5.76 Å². The highest BCUT2D eigenvalue weighted by Gasteiger charge is 2.15. The molecule has 0 unspecified atom stereocenters. The molecule has 0 fully saturated rings. The zero-order valence-electron chi connectivity index (χ0n) is 18.3. The Balaban J connectivity index is 1.38. The van der Waals surface area contributed by atoms with E-state index in [9.17, 15) is 9.59 Å². The molecular weight excluding hydrogens is 422 g/mol. The Morgan fingerprint density at radius 1 is 0.939 bits per heavy atom. The molecule has 33 heavy (non-hydrogen) atoms. The first-order valence-corrected chi connectivity index (χ1v) is 10.3. The third-order valence-electron chi connectivity index (χ3n) is 4.91. The Morgan fingerprint density at radius 2 is 1.70 bits per heavy atom. The van der Waals surface area contributed by atoms with Crippen LogP contribution in [0.1, 0.15) is 38.1 Å². The lowest BCUT2D eigenvalue weighted by Gasteiger charge is -2.04. The van der Waals surface area contributed by atoms with E-state index in [1.165, 1.54) is 0 Å². The van der Waals surface area contributed by atoms with Crippen molar-refractivity contribution in [3.63, 3.8) is 0 Å². The molecule has 0 saturated carbocycles. The number of ether oxygens (including phenoxy) is 1. The van der Waals surface area contributed by atoms with Gasteiger partial charge in [-0.15, -0.1) is 0 Å². The second-order valence-electron chi connectivity index (χ2n) is 7.30. The van der Waals surface area contributed by atoms with E-state index in [1.54, 1.807) is 62.6 Å². The van der Waals surface area contributed by atoms with Crippen molar-refractivity contribution in [1.29, 1.82) is 0 Å². The van der Waals surface area contributed by atoms with E-state index in [2.05, 4.69) is 15.6 Å². The lowest BCUT2D eigenvalue weighted by atomic mass is 10.2. The van der Waals surface area contributed by atoms with Gasteiger partial charge < -0.3 is 24.2 Å². The lowest BCUT2D eigenvalue weighted by molar-refractivity contribution is 0.0949. The highest BCUT2D eigenvalue weighted by Crippen LogP contribution is 2.24. The maximum absolute atomic E-state index is 12.4. The number of carbonyl (C=O) groups excluding carboxylic acids is 2. The summed E-state index contributed by atoms with van der Waals surface area (Å²) in [6, 6.07) is 19.4. The third-order valence-corrected chi connectivity index (χ3v) is 4.91. The van der Waals surface area contributed by atoms with Crippen molar-refractivity contribution in [2.45, 2.75) is 20.1 Å². The second kappa shape index (κ2) is 9.97. The molecule has 2 heterocycles. The smallest absolute Gasteiger partial charge is 0.291 e. The van der Waals surface area contributed by atoms with Crippen molar-refractivity contribution in [3.8, 4) is 11.5 Å². The maximum atomic E-state index is 12.4. The number of benzene rings is 2. The molecule has 8 heteroatoms. The van der Waals surface area contributed by atoms with Crippen LogP contribution < -0.4 is 10.6 Å². The zero-order valence-corrected chi connectivity index (χ0v) is 18.3. The number of methoxy groups -OCH3 is 1. The van der Waals surface area contributed by atoms with Gasteiger partial charge in [-0.1, -0.05) is 18.2 Å². The summed E-state index contributed by atoms with van der Waals surface area (Å²) in [6.07, 6.45) is 0. The highest BCUT2D eigenvalue weighted by atomic mass is 16.5. The van der Waals surface area contributed by atoms with Crippen molar-refractivity contribution in [3.05, 3.63) is 95.3 Å². The van der Waals surface area contributed by atoms with Crippen molar-refractivity contribution in [1.82, 2.24) is 10.3 Å². The number of furan rings is 1. The zero-order chi connectivity index (χ0) is 23.2. The van der Waals surface area contributed by atoms with Crippen molar-refractivity contribution in [2.24, 2.45) is 0 Å². The van der Waals surface area contributed by atoms with Crippen molar-refractivity contribution < 1.29 is 23.2 Å². The minimum atomic E-state index is -0.353. The molecular formula is C25H23N3O5. The standard InChI is InChI=1S/C25H23N3O5/c1-16-21(14-26-23(29)17-6-4-3-5-7-17)28-25(32-16)18-8-10-19(11-9-18)27-24(30)22-13-12-20(33-22)15-31-2/h3-13H,14-15H2,1-2H3,(H,26,29)(H,27,30). The van der Waals surface area contributed by atoms with E-state index < -0.39 is 0 Å². The van der Waals surface area contributed by atoms with Crippen LogP contribution in [0, 0.1) is 6.92 Å². The molecule has 4 rings (SSSR count). The number of nitrogens with one attached hydrogen (secondary N) is 2. The normalized spacial score (nSPS) is 10.7. The maximum Gasteiger partial charge on any atom is 0.291 e. The van der Waals surface area contributed by atoms with Gasteiger partial charge in [-0.05, 0) is 55.5 Å². The predicted octanol–water partition coefficient (Wildman–Crippen LogP) is 4.57. The molecule has 0 saturated heterocycles. The number of aryl methyl sites for hydroxylation is 1. The van der Waals surface area contributed by atoms with Crippen LogP contribution in [-0.4, -0.2) is 23.9 Å². The van der Waals surface area contributed by atoms with Gasteiger partial charge in [0, 0.05) is 23.9 Å². The molecule has 8 nitrogen and oxygen atoms in total. The van der Waals surface area contributed by atoms with E-state index in [0.29, 0.717) is 41.0 Å². The average molecular weight is 445 g/mol. The molecule has 2 aromatic carbocycles. The molecule has 0 bridgehead atoms. The summed E-state index contributed by atoms with van der Waals surface area (Å²) in [5.74, 6) is 1.31. The number of hydrogen-bond donors (Lipinski definition) is 2. The van der Waals surface area contributed by atoms with Crippen LogP contribution in [0.2, 0.25) is 0 Å². The molecule has 0 atom stereocenters. The van der Waals surface area contributed by atoms with E-state index in [1.807, 2.05) is 18.2 Å². The number of nitrogens with zero attached hydrogens (tertiary/aromatic N) is 1. The van der Waals surface area contributed by atoms with Crippen molar-refractivity contribution >= 4 is 17.5 Å². The van der Waals surface area contributed by atoms with Crippen LogP contribution in [0.4, 0.5) is 5.69 Å². The van der Waals surface area contributed by atoms with Crippen LogP contribution in [0.25, 0.3) is 11.5 Å². The third kappa shape index (κ3) is 5.36. The van der Waals surface area contributed by atoms with Gasteiger partial charge in [-0.3, -0.25) is 9.59 Å². The van der Waals surface area contributed by atoms with Gasteiger partial charge in [-0.2, -0.15) is 0 Å².